The predicted molar refractivity (Wildman–Crippen MR) is 119 cm³/mol. The molecule has 1 aliphatic rings. The molecule has 0 aromatic heterocycles. The normalized spacial score (nSPS) is 16.8. The number of methoxy groups -OCH3 is 1. The SMILES string of the molecule is COC(=O)c1cc(F)c(Br)c(Cl)c1OCCC1CN(C=O)CCN1Cc1ccccc1. The Balaban J connectivity index is 1.73. The maximum Gasteiger partial charge on any atom is 0.341 e. The van der Waals surface area contributed by atoms with Crippen molar-refractivity contribution < 1.29 is 23.5 Å². The summed E-state index contributed by atoms with van der Waals surface area (Å²) in [5.41, 5.74) is 1.11. The summed E-state index contributed by atoms with van der Waals surface area (Å²) in [4.78, 5) is 27.4. The van der Waals surface area contributed by atoms with Crippen LogP contribution in [0.5, 0.6) is 5.75 Å². The van der Waals surface area contributed by atoms with Gasteiger partial charge in [0.1, 0.15) is 16.4 Å². The number of amides is 1. The van der Waals surface area contributed by atoms with Gasteiger partial charge in [0, 0.05) is 32.2 Å². The van der Waals surface area contributed by atoms with Gasteiger partial charge in [-0.15, -0.1) is 0 Å². The van der Waals surface area contributed by atoms with Crippen molar-refractivity contribution in [3.05, 3.63) is 62.8 Å². The third-order valence-corrected chi connectivity index (χ3v) is 6.60. The number of hydrogen-bond acceptors (Lipinski definition) is 5. The first-order chi connectivity index (χ1) is 14.9. The number of piperazine rings is 1. The minimum atomic E-state index is -0.737. The van der Waals surface area contributed by atoms with Crippen LogP contribution in [0.25, 0.3) is 0 Å². The van der Waals surface area contributed by atoms with Crippen LogP contribution in [0.2, 0.25) is 5.02 Å². The summed E-state index contributed by atoms with van der Waals surface area (Å²) in [5.74, 6) is -1.35. The Morgan fingerprint density at radius 1 is 1.32 bits per heavy atom. The molecular weight excluding hydrogens is 491 g/mol. The number of benzene rings is 2. The number of halogens is 3. The maximum absolute atomic E-state index is 14.0. The number of rotatable bonds is 8. The van der Waals surface area contributed by atoms with E-state index in [0.29, 0.717) is 19.5 Å². The van der Waals surface area contributed by atoms with Crippen molar-refractivity contribution in [2.75, 3.05) is 33.4 Å². The molecule has 1 atom stereocenters. The van der Waals surface area contributed by atoms with E-state index in [2.05, 4.69) is 33.0 Å². The molecule has 0 saturated carbocycles. The molecule has 1 amide bonds. The van der Waals surface area contributed by atoms with Crippen LogP contribution in [-0.4, -0.2) is 61.6 Å². The average Bonchev–Trinajstić information content (AvgIpc) is 2.79. The molecule has 0 aliphatic carbocycles. The van der Waals surface area contributed by atoms with Crippen molar-refractivity contribution in [3.63, 3.8) is 0 Å². The van der Waals surface area contributed by atoms with Crippen molar-refractivity contribution in [2.24, 2.45) is 0 Å². The highest BCUT2D eigenvalue weighted by Gasteiger charge is 2.27. The summed E-state index contributed by atoms with van der Waals surface area (Å²) in [7, 11) is 1.21. The van der Waals surface area contributed by atoms with Gasteiger partial charge in [0.25, 0.3) is 0 Å². The second-order valence-corrected chi connectivity index (χ2v) is 8.37. The molecule has 2 aromatic rings. The molecule has 9 heteroatoms. The molecule has 166 valence electrons. The largest absolute Gasteiger partial charge is 0.491 e. The number of esters is 1. The highest BCUT2D eigenvalue weighted by atomic mass is 79.9. The van der Waals surface area contributed by atoms with Gasteiger partial charge in [0.05, 0.1) is 18.2 Å². The van der Waals surface area contributed by atoms with E-state index in [1.807, 2.05) is 18.2 Å². The molecule has 3 rings (SSSR count). The lowest BCUT2D eigenvalue weighted by Crippen LogP contribution is -2.52. The number of hydrogen-bond donors (Lipinski definition) is 0. The summed E-state index contributed by atoms with van der Waals surface area (Å²) in [6.07, 6.45) is 1.44. The van der Waals surface area contributed by atoms with Crippen LogP contribution in [0.15, 0.2) is 40.9 Å². The number of ether oxygens (including phenoxy) is 2. The summed E-state index contributed by atoms with van der Waals surface area (Å²) in [5, 5.41) is -0.0281. The molecule has 1 aliphatic heterocycles. The Morgan fingerprint density at radius 2 is 2.06 bits per heavy atom. The van der Waals surface area contributed by atoms with Crippen molar-refractivity contribution in [1.82, 2.24) is 9.80 Å². The smallest absolute Gasteiger partial charge is 0.341 e. The molecular formula is C22H23BrClFN2O4. The molecule has 1 fully saturated rings. The van der Waals surface area contributed by atoms with Gasteiger partial charge < -0.3 is 14.4 Å². The fourth-order valence-electron chi connectivity index (χ4n) is 3.59. The van der Waals surface area contributed by atoms with E-state index in [9.17, 15) is 14.0 Å². The van der Waals surface area contributed by atoms with Crippen LogP contribution >= 0.6 is 27.5 Å². The van der Waals surface area contributed by atoms with Crippen LogP contribution in [-0.2, 0) is 16.1 Å². The summed E-state index contributed by atoms with van der Waals surface area (Å²) >= 11 is 9.30. The third kappa shape index (κ3) is 5.75. The van der Waals surface area contributed by atoms with Crippen LogP contribution in [0.3, 0.4) is 0 Å². The van der Waals surface area contributed by atoms with Gasteiger partial charge in [-0.2, -0.15) is 0 Å². The Kier molecular flexibility index (Phi) is 8.28. The lowest BCUT2D eigenvalue weighted by atomic mass is 10.1. The van der Waals surface area contributed by atoms with Crippen LogP contribution in [0, 0.1) is 5.82 Å². The first-order valence-electron chi connectivity index (χ1n) is 9.80. The third-order valence-electron chi connectivity index (χ3n) is 5.23. The summed E-state index contributed by atoms with van der Waals surface area (Å²) in [6, 6.07) is 11.2. The molecule has 6 nitrogen and oxygen atoms in total. The van der Waals surface area contributed by atoms with Crippen molar-refractivity contribution in [1.29, 1.82) is 0 Å². The van der Waals surface area contributed by atoms with E-state index in [0.717, 1.165) is 25.6 Å². The van der Waals surface area contributed by atoms with Crippen molar-refractivity contribution in [2.45, 2.75) is 19.0 Å². The van der Waals surface area contributed by atoms with Crippen LogP contribution in [0.1, 0.15) is 22.3 Å². The second kappa shape index (κ2) is 10.9. The fraction of sp³-hybridized carbons (Fsp3) is 0.364. The van der Waals surface area contributed by atoms with Gasteiger partial charge in [-0.25, -0.2) is 9.18 Å². The Morgan fingerprint density at radius 3 is 2.74 bits per heavy atom. The fourth-order valence-corrected chi connectivity index (χ4v) is 4.13. The van der Waals surface area contributed by atoms with E-state index >= 15 is 0 Å². The van der Waals surface area contributed by atoms with E-state index in [4.69, 9.17) is 21.1 Å². The first kappa shape index (κ1) is 23.5. The van der Waals surface area contributed by atoms with E-state index in [1.165, 1.54) is 12.7 Å². The molecule has 0 radical (unpaired) electrons. The molecule has 0 N–H and O–H groups in total. The number of carbonyl (C=O) groups is 2. The average molecular weight is 514 g/mol. The van der Waals surface area contributed by atoms with Crippen LogP contribution < -0.4 is 4.74 Å². The van der Waals surface area contributed by atoms with E-state index in [-0.39, 0.29) is 33.5 Å². The highest BCUT2D eigenvalue weighted by molar-refractivity contribution is 9.10. The molecule has 1 unspecified atom stereocenters. The molecule has 0 bridgehead atoms. The Labute approximate surface area is 194 Å². The van der Waals surface area contributed by atoms with Gasteiger partial charge in [-0.05, 0) is 34.0 Å². The Bertz CT molecular complexity index is 931. The van der Waals surface area contributed by atoms with Crippen molar-refractivity contribution in [3.8, 4) is 5.75 Å². The van der Waals surface area contributed by atoms with Gasteiger partial charge >= 0.3 is 5.97 Å². The molecule has 1 saturated heterocycles. The quantitative estimate of drug-likeness (QED) is 0.302. The zero-order chi connectivity index (χ0) is 22.4. The number of carbonyl (C=O) groups excluding carboxylic acids is 2. The zero-order valence-electron chi connectivity index (χ0n) is 17.0. The van der Waals surface area contributed by atoms with E-state index < -0.39 is 11.8 Å². The zero-order valence-corrected chi connectivity index (χ0v) is 19.4. The topological polar surface area (TPSA) is 59.1 Å². The maximum atomic E-state index is 14.0. The van der Waals surface area contributed by atoms with Gasteiger partial charge in [0.15, 0.2) is 5.75 Å². The lowest BCUT2D eigenvalue weighted by molar-refractivity contribution is -0.121. The van der Waals surface area contributed by atoms with Gasteiger partial charge in [-0.1, -0.05) is 41.9 Å². The molecule has 2 aromatic carbocycles. The van der Waals surface area contributed by atoms with Crippen molar-refractivity contribution >= 4 is 39.9 Å². The molecule has 0 spiro atoms. The first-order valence-corrected chi connectivity index (χ1v) is 11.0. The summed E-state index contributed by atoms with van der Waals surface area (Å²) < 4.78 is 24.6. The van der Waals surface area contributed by atoms with Gasteiger partial charge in [0.2, 0.25) is 6.41 Å². The highest BCUT2D eigenvalue weighted by Crippen LogP contribution is 2.38. The van der Waals surface area contributed by atoms with Gasteiger partial charge in [-0.3, -0.25) is 9.69 Å². The standard InChI is InChI=1S/C22H23BrClFN2O4/c1-30-22(29)17-11-18(25)19(23)20(24)21(17)31-10-7-16-13-26(14-28)8-9-27(16)12-15-5-3-2-4-6-15/h2-6,11,14,16H,7-10,12-13H2,1H3. The molecule has 31 heavy (non-hydrogen) atoms. The second-order valence-electron chi connectivity index (χ2n) is 7.20. The lowest BCUT2D eigenvalue weighted by Gasteiger charge is -2.40. The van der Waals surface area contributed by atoms with E-state index in [1.54, 1.807) is 4.90 Å². The predicted octanol–water partition coefficient (Wildman–Crippen LogP) is 4.14. The Hall–Kier alpha value is -2.16. The minimum absolute atomic E-state index is 0.0207. The summed E-state index contributed by atoms with van der Waals surface area (Å²) in [6.45, 7) is 2.97. The molecule has 1 heterocycles. The minimum Gasteiger partial charge on any atom is -0.491 e. The number of nitrogens with zero attached hydrogens (tertiary/aromatic N) is 2. The monoisotopic (exact) mass is 512 g/mol. The van der Waals surface area contributed by atoms with Crippen LogP contribution in [0.4, 0.5) is 4.39 Å².